The lowest BCUT2D eigenvalue weighted by molar-refractivity contribution is 0.0302. The first-order valence-corrected chi connectivity index (χ1v) is 7.33. The van der Waals surface area contributed by atoms with E-state index in [2.05, 4.69) is 22.8 Å². The molecule has 3 nitrogen and oxygen atoms in total. The molecule has 0 spiro atoms. The van der Waals surface area contributed by atoms with Crippen LogP contribution in [0.15, 0.2) is 22.8 Å². The van der Waals surface area contributed by atoms with Gasteiger partial charge in [0.05, 0.1) is 6.26 Å². The van der Waals surface area contributed by atoms with Crippen LogP contribution < -0.4 is 0 Å². The lowest BCUT2D eigenvalue weighted by atomic mass is 9.98. The number of fused-ring (bicyclic) bond motifs is 1. The molecule has 2 saturated heterocycles. The third-order valence-electron chi connectivity index (χ3n) is 4.57. The number of hydrogen-bond acceptors (Lipinski definition) is 3. The average molecular weight is 248 g/mol. The molecule has 0 amide bonds. The van der Waals surface area contributed by atoms with Crippen LogP contribution in [0, 0.1) is 0 Å². The first-order valence-electron chi connectivity index (χ1n) is 7.33. The van der Waals surface area contributed by atoms with Crippen molar-refractivity contribution in [3.8, 4) is 0 Å². The zero-order chi connectivity index (χ0) is 12.4. The molecule has 2 aliphatic rings. The van der Waals surface area contributed by atoms with E-state index in [1.165, 1.54) is 45.4 Å². The predicted molar refractivity (Wildman–Crippen MR) is 72.7 cm³/mol. The lowest BCUT2D eigenvalue weighted by Gasteiger charge is -2.45. The Morgan fingerprint density at radius 3 is 3.11 bits per heavy atom. The predicted octanol–water partition coefficient (Wildman–Crippen LogP) is 2.38. The maximum Gasteiger partial charge on any atom is 0.105 e. The summed E-state index contributed by atoms with van der Waals surface area (Å²) in [6.45, 7) is 7.39. The first kappa shape index (κ1) is 12.2. The Hall–Kier alpha value is -0.800. The largest absolute Gasteiger partial charge is 0.469 e. The van der Waals surface area contributed by atoms with Crippen LogP contribution in [-0.4, -0.2) is 48.1 Å². The van der Waals surface area contributed by atoms with E-state index < -0.39 is 0 Å². The third-order valence-corrected chi connectivity index (χ3v) is 4.57. The maximum absolute atomic E-state index is 5.46. The molecule has 0 saturated carbocycles. The first-order chi connectivity index (χ1) is 8.83. The molecule has 2 atom stereocenters. The Kier molecular flexibility index (Phi) is 3.71. The maximum atomic E-state index is 5.46. The van der Waals surface area contributed by atoms with Crippen LogP contribution in [0.3, 0.4) is 0 Å². The van der Waals surface area contributed by atoms with Crippen LogP contribution in [0.4, 0.5) is 0 Å². The van der Waals surface area contributed by atoms with Crippen LogP contribution in [0.25, 0.3) is 0 Å². The van der Waals surface area contributed by atoms with E-state index in [9.17, 15) is 0 Å². The second-order valence-electron chi connectivity index (χ2n) is 5.81. The Morgan fingerprint density at radius 2 is 2.28 bits per heavy atom. The average Bonchev–Trinajstić information content (AvgIpc) is 2.91. The molecule has 2 unspecified atom stereocenters. The van der Waals surface area contributed by atoms with E-state index in [1.54, 1.807) is 6.26 Å². The van der Waals surface area contributed by atoms with E-state index in [-0.39, 0.29) is 0 Å². The van der Waals surface area contributed by atoms with Gasteiger partial charge in [-0.05, 0) is 38.4 Å². The van der Waals surface area contributed by atoms with E-state index in [4.69, 9.17) is 4.42 Å². The third kappa shape index (κ3) is 2.62. The smallest absolute Gasteiger partial charge is 0.105 e. The van der Waals surface area contributed by atoms with Crippen molar-refractivity contribution in [2.45, 2.75) is 44.7 Å². The van der Waals surface area contributed by atoms with Crippen molar-refractivity contribution in [2.75, 3.05) is 26.2 Å². The Bertz CT molecular complexity index is 363. The van der Waals surface area contributed by atoms with E-state index >= 15 is 0 Å². The molecule has 0 bridgehead atoms. The highest BCUT2D eigenvalue weighted by atomic mass is 16.3. The summed E-state index contributed by atoms with van der Waals surface area (Å²) in [4.78, 5) is 5.34. The van der Waals surface area contributed by atoms with Gasteiger partial charge in [0.2, 0.25) is 0 Å². The fraction of sp³-hybridized carbons (Fsp3) is 0.733. The van der Waals surface area contributed by atoms with Crippen molar-refractivity contribution in [3.05, 3.63) is 24.2 Å². The molecule has 0 N–H and O–H groups in total. The molecule has 3 heterocycles. The summed E-state index contributed by atoms with van der Waals surface area (Å²) in [6, 6.07) is 5.49. The summed E-state index contributed by atoms with van der Waals surface area (Å²) < 4.78 is 5.46. The monoisotopic (exact) mass is 248 g/mol. The van der Waals surface area contributed by atoms with Crippen LogP contribution in [0.2, 0.25) is 0 Å². The van der Waals surface area contributed by atoms with Crippen LogP contribution >= 0.6 is 0 Å². The summed E-state index contributed by atoms with van der Waals surface area (Å²) in [6.07, 6.45) is 7.03. The number of hydrogen-bond donors (Lipinski definition) is 0. The molecule has 100 valence electrons. The standard InChI is InChI=1S/C15H24N2O/c1-13(11-15-6-4-10-18-15)17-9-8-16-7-3-2-5-14(16)12-17/h4,6,10,13-14H,2-3,5,7-9,11-12H2,1H3. The second-order valence-corrected chi connectivity index (χ2v) is 5.81. The molecule has 1 aromatic heterocycles. The van der Waals surface area contributed by atoms with Gasteiger partial charge in [-0.15, -0.1) is 0 Å². The number of furan rings is 1. The molecule has 18 heavy (non-hydrogen) atoms. The van der Waals surface area contributed by atoms with Gasteiger partial charge < -0.3 is 4.42 Å². The Labute approximate surface area is 110 Å². The van der Waals surface area contributed by atoms with Gasteiger partial charge in [-0.1, -0.05) is 6.42 Å². The normalized spacial score (nSPS) is 27.9. The van der Waals surface area contributed by atoms with Crippen molar-refractivity contribution in [1.29, 1.82) is 0 Å². The molecular weight excluding hydrogens is 224 g/mol. The molecule has 3 rings (SSSR count). The molecule has 1 aromatic rings. The number of rotatable bonds is 3. The molecule has 2 fully saturated rings. The van der Waals surface area contributed by atoms with Gasteiger partial charge >= 0.3 is 0 Å². The summed E-state index contributed by atoms with van der Waals surface area (Å²) in [5.74, 6) is 1.12. The fourth-order valence-electron chi connectivity index (χ4n) is 3.43. The number of piperidine rings is 1. The highest BCUT2D eigenvalue weighted by Crippen LogP contribution is 2.23. The van der Waals surface area contributed by atoms with E-state index in [1.807, 2.05) is 6.07 Å². The molecule has 0 aliphatic carbocycles. The highest BCUT2D eigenvalue weighted by molar-refractivity contribution is 5.01. The van der Waals surface area contributed by atoms with Crippen LogP contribution in [0.1, 0.15) is 31.9 Å². The minimum Gasteiger partial charge on any atom is -0.469 e. The SMILES string of the molecule is CC(Cc1ccco1)N1CCN2CCCCC2C1. The minimum absolute atomic E-state index is 0.597. The quantitative estimate of drug-likeness (QED) is 0.819. The second kappa shape index (κ2) is 5.45. The van der Waals surface area contributed by atoms with Crippen molar-refractivity contribution in [3.63, 3.8) is 0 Å². The molecular formula is C15H24N2O. The summed E-state index contributed by atoms with van der Waals surface area (Å²) >= 11 is 0. The van der Waals surface area contributed by atoms with Crippen molar-refractivity contribution >= 4 is 0 Å². The van der Waals surface area contributed by atoms with Crippen molar-refractivity contribution in [1.82, 2.24) is 9.80 Å². The topological polar surface area (TPSA) is 19.6 Å². The molecule has 0 radical (unpaired) electrons. The minimum atomic E-state index is 0.597. The van der Waals surface area contributed by atoms with E-state index in [0.29, 0.717) is 6.04 Å². The van der Waals surface area contributed by atoms with Gasteiger partial charge in [0.15, 0.2) is 0 Å². The summed E-state index contributed by atoms with van der Waals surface area (Å²) in [5.41, 5.74) is 0. The zero-order valence-electron chi connectivity index (χ0n) is 11.3. The summed E-state index contributed by atoms with van der Waals surface area (Å²) in [5, 5.41) is 0. The number of piperazine rings is 1. The Balaban J connectivity index is 1.56. The van der Waals surface area contributed by atoms with Gasteiger partial charge in [0.1, 0.15) is 5.76 Å². The van der Waals surface area contributed by atoms with Crippen LogP contribution in [-0.2, 0) is 6.42 Å². The van der Waals surface area contributed by atoms with Gasteiger partial charge in [-0.2, -0.15) is 0 Å². The van der Waals surface area contributed by atoms with Gasteiger partial charge in [-0.25, -0.2) is 0 Å². The molecule has 0 aromatic carbocycles. The number of nitrogens with zero attached hydrogens (tertiary/aromatic N) is 2. The van der Waals surface area contributed by atoms with Crippen molar-refractivity contribution < 1.29 is 4.42 Å². The summed E-state index contributed by atoms with van der Waals surface area (Å²) in [7, 11) is 0. The van der Waals surface area contributed by atoms with E-state index in [0.717, 1.165) is 18.2 Å². The van der Waals surface area contributed by atoms with Gasteiger partial charge in [0, 0.05) is 38.1 Å². The lowest BCUT2D eigenvalue weighted by Crippen LogP contribution is -2.57. The van der Waals surface area contributed by atoms with Gasteiger partial charge in [0.25, 0.3) is 0 Å². The highest BCUT2D eigenvalue weighted by Gasteiger charge is 2.30. The van der Waals surface area contributed by atoms with Gasteiger partial charge in [-0.3, -0.25) is 9.80 Å². The zero-order valence-corrected chi connectivity index (χ0v) is 11.3. The van der Waals surface area contributed by atoms with Crippen molar-refractivity contribution in [2.24, 2.45) is 0 Å². The fourth-order valence-corrected chi connectivity index (χ4v) is 3.43. The molecule has 3 heteroatoms. The Morgan fingerprint density at radius 1 is 1.33 bits per heavy atom. The van der Waals surface area contributed by atoms with Crippen LogP contribution in [0.5, 0.6) is 0 Å². The molecule has 2 aliphatic heterocycles.